The molecule has 0 spiro atoms. The second kappa shape index (κ2) is 9.88. The van der Waals surface area contributed by atoms with Gasteiger partial charge in [-0.2, -0.15) is 0 Å². The van der Waals surface area contributed by atoms with Crippen LogP contribution in [0.4, 0.5) is 0 Å². The number of carbonyl (C=O) groups is 1. The van der Waals surface area contributed by atoms with E-state index in [0.29, 0.717) is 31.7 Å². The molecule has 0 aromatic heterocycles. The molecule has 6 heteroatoms. The summed E-state index contributed by atoms with van der Waals surface area (Å²) in [5, 5.41) is 2.49. The van der Waals surface area contributed by atoms with Crippen LogP contribution in [0.15, 0.2) is 60.7 Å². The van der Waals surface area contributed by atoms with Gasteiger partial charge in [-0.25, -0.2) is 0 Å². The van der Waals surface area contributed by atoms with Crippen molar-refractivity contribution in [2.75, 3.05) is 39.5 Å². The predicted octanol–water partition coefficient (Wildman–Crippen LogP) is 4.27. The number of amides is 1. The molecule has 0 saturated carbocycles. The summed E-state index contributed by atoms with van der Waals surface area (Å²) in [4.78, 5) is 20.1. The lowest BCUT2D eigenvalue weighted by Crippen LogP contribution is -2.50. The summed E-state index contributed by atoms with van der Waals surface area (Å²) in [7, 11) is 0. The number of benzene rings is 3. The molecule has 35 heavy (non-hydrogen) atoms. The van der Waals surface area contributed by atoms with Gasteiger partial charge in [0.25, 0.3) is 0 Å². The maximum absolute atomic E-state index is 12.9. The van der Waals surface area contributed by atoms with Crippen LogP contribution in [-0.2, 0) is 17.9 Å². The molecular formula is C29H33N3O3. The summed E-state index contributed by atoms with van der Waals surface area (Å²) in [6, 6.07) is 21.7. The van der Waals surface area contributed by atoms with Crippen LogP contribution in [0.5, 0.6) is 11.5 Å². The Kier molecular flexibility index (Phi) is 6.32. The number of rotatable bonds is 5. The average Bonchev–Trinajstić information content (AvgIpc) is 3.28. The number of hydrogen-bond donors (Lipinski definition) is 0. The molecule has 3 aliphatic heterocycles. The van der Waals surface area contributed by atoms with Crippen molar-refractivity contribution in [1.82, 2.24) is 14.7 Å². The second-order valence-corrected chi connectivity index (χ2v) is 9.98. The predicted molar refractivity (Wildman–Crippen MR) is 136 cm³/mol. The maximum Gasteiger partial charge on any atom is 0.231 e. The highest BCUT2D eigenvalue weighted by Crippen LogP contribution is 2.33. The van der Waals surface area contributed by atoms with E-state index in [1.165, 1.54) is 21.9 Å². The molecule has 3 aromatic carbocycles. The van der Waals surface area contributed by atoms with Gasteiger partial charge in [0.15, 0.2) is 11.5 Å². The van der Waals surface area contributed by atoms with Crippen LogP contribution in [0.1, 0.15) is 30.4 Å². The topological polar surface area (TPSA) is 45.3 Å². The molecule has 182 valence electrons. The fraction of sp³-hybridized carbons (Fsp3) is 0.414. The first-order valence-electron chi connectivity index (χ1n) is 12.8. The lowest BCUT2D eigenvalue weighted by Gasteiger charge is -2.39. The number of piperazine rings is 1. The third kappa shape index (κ3) is 5.00. The number of fused-ring (bicyclic) bond motifs is 2. The van der Waals surface area contributed by atoms with Crippen LogP contribution in [0.3, 0.4) is 0 Å². The molecule has 1 atom stereocenters. The van der Waals surface area contributed by atoms with Crippen molar-refractivity contribution in [3.63, 3.8) is 0 Å². The molecule has 3 aromatic rings. The molecule has 6 rings (SSSR count). The van der Waals surface area contributed by atoms with E-state index in [0.717, 1.165) is 63.6 Å². The highest BCUT2D eigenvalue weighted by Gasteiger charge is 2.29. The van der Waals surface area contributed by atoms with Gasteiger partial charge < -0.3 is 14.4 Å². The van der Waals surface area contributed by atoms with Crippen molar-refractivity contribution in [3.8, 4) is 11.5 Å². The first kappa shape index (κ1) is 22.4. The van der Waals surface area contributed by atoms with Crippen molar-refractivity contribution < 1.29 is 14.3 Å². The van der Waals surface area contributed by atoms with E-state index in [-0.39, 0.29) is 0 Å². The fourth-order valence-electron chi connectivity index (χ4n) is 5.70. The summed E-state index contributed by atoms with van der Waals surface area (Å²) in [6.07, 6.45) is 2.67. The summed E-state index contributed by atoms with van der Waals surface area (Å²) < 4.78 is 11.0. The molecule has 0 N–H and O–H groups in total. The molecule has 0 bridgehead atoms. The van der Waals surface area contributed by atoms with Gasteiger partial charge in [0, 0.05) is 58.3 Å². The van der Waals surface area contributed by atoms with E-state index < -0.39 is 0 Å². The third-order valence-corrected chi connectivity index (χ3v) is 7.73. The van der Waals surface area contributed by atoms with E-state index in [1.54, 1.807) is 0 Å². The SMILES string of the molecule is O=C1CC[C@@H](N2CCN(Cc3ccc4c(c3)OCO4)CC2)CCN1Cc1ccc2ccccc2c1. The molecule has 3 heterocycles. The van der Waals surface area contributed by atoms with Crippen molar-refractivity contribution in [1.29, 1.82) is 0 Å². The van der Waals surface area contributed by atoms with Crippen molar-refractivity contribution in [3.05, 3.63) is 71.8 Å². The zero-order chi connectivity index (χ0) is 23.6. The standard InChI is InChI=1S/C29H33N3O3/c33-29-10-8-26(11-12-32(29)20-22-5-7-24-3-1-2-4-25(24)17-22)31-15-13-30(14-16-31)19-23-6-9-27-28(18-23)35-21-34-27/h1-7,9,17-18,26H,8,10-16,19-21H2/t26-/m1/s1. The molecule has 2 fully saturated rings. The van der Waals surface area contributed by atoms with Crippen LogP contribution < -0.4 is 9.47 Å². The summed E-state index contributed by atoms with van der Waals surface area (Å²) in [5.41, 5.74) is 2.49. The Hall–Kier alpha value is -3.09. The quantitative estimate of drug-likeness (QED) is 0.556. The molecule has 3 aliphatic rings. The van der Waals surface area contributed by atoms with Gasteiger partial charge in [0.1, 0.15) is 0 Å². The lowest BCUT2D eigenvalue weighted by atomic mass is 10.1. The Balaban J connectivity index is 1.02. The molecule has 0 radical (unpaired) electrons. The van der Waals surface area contributed by atoms with Gasteiger partial charge >= 0.3 is 0 Å². The van der Waals surface area contributed by atoms with Crippen LogP contribution in [0.2, 0.25) is 0 Å². The minimum absolute atomic E-state index is 0.294. The molecular weight excluding hydrogens is 438 g/mol. The van der Waals surface area contributed by atoms with Crippen LogP contribution in [0, 0.1) is 0 Å². The van der Waals surface area contributed by atoms with Gasteiger partial charge in [0.2, 0.25) is 12.7 Å². The van der Waals surface area contributed by atoms with Gasteiger partial charge in [-0.3, -0.25) is 14.6 Å². The Morgan fingerprint density at radius 2 is 1.51 bits per heavy atom. The Bertz CT molecular complexity index is 1200. The normalized spacial score (nSPS) is 21.4. The minimum atomic E-state index is 0.294. The van der Waals surface area contributed by atoms with E-state index in [2.05, 4.69) is 69.3 Å². The van der Waals surface area contributed by atoms with Crippen molar-refractivity contribution in [2.45, 2.75) is 38.4 Å². The first-order valence-corrected chi connectivity index (χ1v) is 12.8. The van der Waals surface area contributed by atoms with Crippen LogP contribution in [-0.4, -0.2) is 66.2 Å². The highest BCUT2D eigenvalue weighted by molar-refractivity contribution is 5.83. The van der Waals surface area contributed by atoms with Gasteiger partial charge in [0.05, 0.1) is 0 Å². The monoisotopic (exact) mass is 471 g/mol. The molecule has 0 aliphatic carbocycles. The second-order valence-electron chi connectivity index (χ2n) is 9.98. The number of nitrogens with zero attached hydrogens (tertiary/aromatic N) is 3. The molecule has 0 unspecified atom stereocenters. The lowest BCUT2D eigenvalue weighted by molar-refractivity contribution is -0.131. The van der Waals surface area contributed by atoms with Gasteiger partial charge in [-0.15, -0.1) is 0 Å². The Morgan fingerprint density at radius 3 is 2.40 bits per heavy atom. The zero-order valence-electron chi connectivity index (χ0n) is 20.2. The smallest absolute Gasteiger partial charge is 0.231 e. The first-order chi connectivity index (χ1) is 17.2. The van der Waals surface area contributed by atoms with E-state index in [4.69, 9.17) is 9.47 Å². The Labute approximate surface area is 207 Å². The van der Waals surface area contributed by atoms with Crippen LogP contribution >= 0.6 is 0 Å². The van der Waals surface area contributed by atoms with Crippen molar-refractivity contribution >= 4 is 16.7 Å². The van der Waals surface area contributed by atoms with E-state index >= 15 is 0 Å². The van der Waals surface area contributed by atoms with E-state index in [1.807, 2.05) is 6.07 Å². The largest absolute Gasteiger partial charge is 0.454 e. The fourth-order valence-corrected chi connectivity index (χ4v) is 5.70. The third-order valence-electron chi connectivity index (χ3n) is 7.73. The number of hydrogen-bond acceptors (Lipinski definition) is 5. The molecule has 1 amide bonds. The van der Waals surface area contributed by atoms with Crippen LogP contribution in [0.25, 0.3) is 10.8 Å². The highest BCUT2D eigenvalue weighted by atomic mass is 16.7. The van der Waals surface area contributed by atoms with Gasteiger partial charge in [-0.05, 0) is 52.9 Å². The minimum Gasteiger partial charge on any atom is -0.454 e. The number of ether oxygens (including phenoxy) is 2. The zero-order valence-corrected chi connectivity index (χ0v) is 20.2. The number of carbonyl (C=O) groups excluding carboxylic acids is 1. The number of likely N-dealkylation sites (tertiary alicyclic amines) is 1. The van der Waals surface area contributed by atoms with Gasteiger partial charge in [-0.1, -0.05) is 42.5 Å². The molecule has 2 saturated heterocycles. The van der Waals surface area contributed by atoms with Crippen molar-refractivity contribution in [2.24, 2.45) is 0 Å². The Morgan fingerprint density at radius 1 is 0.743 bits per heavy atom. The average molecular weight is 472 g/mol. The summed E-state index contributed by atoms with van der Waals surface area (Å²) in [6.45, 7) is 7.04. The maximum atomic E-state index is 12.9. The van der Waals surface area contributed by atoms with E-state index in [9.17, 15) is 4.79 Å². The summed E-state index contributed by atoms with van der Waals surface area (Å²) in [5.74, 6) is 2.00. The summed E-state index contributed by atoms with van der Waals surface area (Å²) >= 11 is 0. The molecule has 6 nitrogen and oxygen atoms in total.